The van der Waals surface area contributed by atoms with Crippen molar-refractivity contribution >= 4 is 38.9 Å². The molecule has 0 radical (unpaired) electrons. The van der Waals surface area contributed by atoms with Gasteiger partial charge in [0.15, 0.2) is 9.84 Å². The van der Waals surface area contributed by atoms with Gasteiger partial charge in [0.1, 0.15) is 5.82 Å². The molecule has 0 fully saturated rings. The lowest BCUT2D eigenvalue weighted by Crippen LogP contribution is -2.17. The molecular weight excluding hydrogens is 420 g/mol. The maximum Gasteiger partial charge on any atom is 0.269 e. The van der Waals surface area contributed by atoms with E-state index in [2.05, 4.69) is 10.4 Å². The average Bonchev–Trinajstić information content (AvgIpc) is 3.14. The Morgan fingerprint density at radius 1 is 1.14 bits per heavy atom. The monoisotopic (exact) mass is 432 g/mol. The fourth-order valence-corrected chi connectivity index (χ4v) is 4.81. The molecule has 1 aliphatic rings. The van der Waals surface area contributed by atoms with Crippen molar-refractivity contribution in [1.29, 1.82) is 0 Å². The molecule has 29 heavy (non-hydrogen) atoms. The average molecular weight is 433 g/mol. The summed E-state index contributed by atoms with van der Waals surface area (Å²) in [6.45, 7) is 0. The molecule has 3 aromatic rings. The summed E-state index contributed by atoms with van der Waals surface area (Å²) in [5.74, 6) is -0.823. The molecule has 0 saturated heterocycles. The second kappa shape index (κ2) is 6.98. The molecule has 0 saturated carbocycles. The van der Waals surface area contributed by atoms with E-state index < -0.39 is 20.7 Å². The minimum atomic E-state index is -3.35. The lowest BCUT2D eigenvalue weighted by Gasteiger charge is -2.11. The number of carbonyl (C=O) groups is 1. The second-order valence-electron chi connectivity index (χ2n) is 6.43. The van der Waals surface area contributed by atoms with Crippen LogP contribution in [0, 0.1) is 10.1 Å². The Kier molecular flexibility index (Phi) is 4.59. The Balaban J connectivity index is 1.78. The first-order valence-electron chi connectivity index (χ1n) is 8.37. The van der Waals surface area contributed by atoms with E-state index in [-0.39, 0.29) is 33.6 Å². The summed E-state index contributed by atoms with van der Waals surface area (Å²) in [4.78, 5) is 23.1. The van der Waals surface area contributed by atoms with Crippen molar-refractivity contribution in [1.82, 2.24) is 9.78 Å². The Labute approximate surface area is 170 Å². The summed E-state index contributed by atoms with van der Waals surface area (Å²) in [5.41, 5.74) is 1.29. The van der Waals surface area contributed by atoms with E-state index in [1.165, 1.54) is 28.9 Å². The van der Waals surface area contributed by atoms with Gasteiger partial charge in [-0.3, -0.25) is 14.9 Å². The number of hydrogen-bond acceptors (Lipinski definition) is 6. The van der Waals surface area contributed by atoms with Crippen LogP contribution in [-0.2, 0) is 21.3 Å². The number of nitro benzene ring substituents is 1. The van der Waals surface area contributed by atoms with Crippen LogP contribution in [-0.4, -0.2) is 29.0 Å². The molecule has 1 amide bonds. The van der Waals surface area contributed by atoms with E-state index in [4.69, 9.17) is 11.6 Å². The first-order chi connectivity index (χ1) is 13.7. The van der Waals surface area contributed by atoms with Crippen molar-refractivity contribution in [3.8, 4) is 5.69 Å². The topological polar surface area (TPSA) is 124 Å². The van der Waals surface area contributed by atoms with E-state index in [9.17, 15) is 23.3 Å². The number of anilines is 1. The molecule has 0 atom stereocenters. The zero-order valence-corrected chi connectivity index (χ0v) is 16.3. The summed E-state index contributed by atoms with van der Waals surface area (Å²) in [6.07, 6.45) is 0. The molecule has 0 bridgehead atoms. The number of carbonyl (C=O) groups excluding carboxylic acids is 1. The zero-order valence-electron chi connectivity index (χ0n) is 14.7. The van der Waals surface area contributed by atoms with Crippen LogP contribution in [0.3, 0.4) is 0 Å². The molecule has 0 unspecified atom stereocenters. The summed E-state index contributed by atoms with van der Waals surface area (Å²) in [5, 5.41) is 18.1. The number of non-ortho nitro benzene ring substituents is 1. The van der Waals surface area contributed by atoms with Gasteiger partial charge in [0, 0.05) is 17.7 Å². The molecule has 0 spiro atoms. The van der Waals surface area contributed by atoms with E-state index >= 15 is 0 Å². The van der Waals surface area contributed by atoms with Gasteiger partial charge in [-0.1, -0.05) is 23.7 Å². The number of nitrogens with zero attached hydrogens (tertiary/aromatic N) is 3. The third kappa shape index (κ3) is 3.59. The lowest BCUT2D eigenvalue weighted by molar-refractivity contribution is -0.384. The Hall–Kier alpha value is -3.24. The van der Waals surface area contributed by atoms with Gasteiger partial charge in [-0.05, 0) is 24.3 Å². The summed E-state index contributed by atoms with van der Waals surface area (Å²) in [6, 6.07) is 12.0. The summed E-state index contributed by atoms with van der Waals surface area (Å²) >= 11 is 6.08. The number of sulfone groups is 1. The maximum atomic E-state index is 12.7. The predicted molar refractivity (Wildman–Crippen MR) is 106 cm³/mol. The number of halogens is 1. The molecule has 2 heterocycles. The standard InChI is InChI=1S/C18H13ClN4O5S/c19-15-4-2-1-3-13(15)18(24)20-17-14-9-29(27,28)10-16(14)21-22(17)11-5-7-12(8-6-11)23(25)26/h1-8H,9-10H2,(H,20,24). The van der Waals surface area contributed by atoms with Crippen LogP contribution in [0.15, 0.2) is 48.5 Å². The Bertz CT molecular complexity index is 1250. The number of amides is 1. The third-order valence-corrected chi connectivity index (χ3v) is 6.21. The number of nitrogens with one attached hydrogen (secondary N) is 1. The van der Waals surface area contributed by atoms with Gasteiger partial charge in [0.05, 0.1) is 38.4 Å². The molecule has 1 N–H and O–H groups in total. The Morgan fingerprint density at radius 2 is 1.83 bits per heavy atom. The van der Waals surface area contributed by atoms with E-state index in [0.717, 1.165) is 0 Å². The molecule has 0 aliphatic carbocycles. The van der Waals surface area contributed by atoms with Crippen LogP contribution < -0.4 is 5.32 Å². The highest BCUT2D eigenvalue weighted by Gasteiger charge is 2.33. The highest BCUT2D eigenvalue weighted by molar-refractivity contribution is 7.90. The Morgan fingerprint density at radius 3 is 2.48 bits per heavy atom. The minimum Gasteiger partial charge on any atom is -0.306 e. The predicted octanol–water partition coefficient (Wildman–Crippen LogP) is 3.11. The largest absolute Gasteiger partial charge is 0.306 e. The van der Waals surface area contributed by atoms with Crippen molar-refractivity contribution < 1.29 is 18.1 Å². The van der Waals surface area contributed by atoms with Gasteiger partial charge in [-0.2, -0.15) is 5.10 Å². The number of nitro groups is 1. The molecule has 11 heteroatoms. The number of benzene rings is 2. The van der Waals surface area contributed by atoms with Crippen LogP contribution in [0.5, 0.6) is 0 Å². The van der Waals surface area contributed by atoms with Crippen molar-refractivity contribution in [3.05, 3.63) is 80.5 Å². The fraction of sp³-hybridized carbons (Fsp3) is 0.111. The number of aromatic nitrogens is 2. The van der Waals surface area contributed by atoms with E-state index in [1.54, 1.807) is 24.3 Å². The van der Waals surface area contributed by atoms with Gasteiger partial charge < -0.3 is 5.32 Å². The van der Waals surface area contributed by atoms with Crippen LogP contribution in [0.4, 0.5) is 11.5 Å². The first-order valence-corrected chi connectivity index (χ1v) is 10.6. The second-order valence-corrected chi connectivity index (χ2v) is 8.90. The number of rotatable bonds is 4. The van der Waals surface area contributed by atoms with Crippen molar-refractivity contribution in [2.75, 3.05) is 5.32 Å². The molecule has 1 aromatic heterocycles. The lowest BCUT2D eigenvalue weighted by atomic mass is 10.2. The summed E-state index contributed by atoms with van der Waals surface area (Å²) in [7, 11) is -3.35. The number of hydrogen-bond donors (Lipinski definition) is 1. The first kappa shape index (κ1) is 19.1. The number of fused-ring (bicyclic) bond motifs is 1. The van der Waals surface area contributed by atoms with Crippen LogP contribution in [0.25, 0.3) is 5.69 Å². The van der Waals surface area contributed by atoms with Crippen LogP contribution in [0.1, 0.15) is 21.6 Å². The smallest absolute Gasteiger partial charge is 0.269 e. The third-order valence-electron chi connectivity index (χ3n) is 4.44. The molecule has 9 nitrogen and oxygen atoms in total. The fourth-order valence-electron chi connectivity index (χ4n) is 3.09. The van der Waals surface area contributed by atoms with E-state index in [1.807, 2.05) is 0 Å². The quantitative estimate of drug-likeness (QED) is 0.499. The van der Waals surface area contributed by atoms with Gasteiger partial charge >= 0.3 is 0 Å². The van der Waals surface area contributed by atoms with Gasteiger partial charge in [-0.25, -0.2) is 13.1 Å². The molecule has 148 valence electrons. The van der Waals surface area contributed by atoms with Gasteiger partial charge in [0.2, 0.25) is 0 Å². The van der Waals surface area contributed by atoms with Crippen LogP contribution >= 0.6 is 11.6 Å². The molecule has 4 rings (SSSR count). The SMILES string of the molecule is O=C(Nc1c2c(nn1-c1ccc([N+](=O)[O-])cc1)CS(=O)(=O)C2)c1ccccc1Cl. The minimum absolute atomic E-state index is 0.0994. The van der Waals surface area contributed by atoms with Crippen molar-refractivity contribution in [2.45, 2.75) is 11.5 Å². The van der Waals surface area contributed by atoms with Gasteiger partial charge in [0.25, 0.3) is 11.6 Å². The summed E-state index contributed by atoms with van der Waals surface area (Å²) < 4.78 is 25.4. The highest BCUT2D eigenvalue weighted by Crippen LogP contribution is 2.33. The van der Waals surface area contributed by atoms with Crippen molar-refractivity contribution in [3.63, 3.8) is 0 Å². The molecular formula is C18H13ClN4O5S. The highest BCUT2D eigenvalue weighted by atomic mass is 35.5. The zero-order chi connectivity index (χ0) is 20.8. The van der Waals surface area contributed by atoms with Gasteiger partial charge in [-0.15, -0.1) is 0 Å². The van der Waals surface area contributed by atoms with Crippen molar-refractivity contribution in [2.24, 2.45) is 0 Å². The normalized spacial score (nSPS) is 14.4. The maximum absolute atomic E-state index is 12.7. The van der Waals surface area contributed by atoms with E-state index in [0.29, 0.717) is 16.9 Å². The molecule has 1 aliphatic heterocycles. The molecule has 2 aromatic carbocycles. The van der Waals surface area contributed by atoms with Crippen LogP contribution in [0.2, 0.25) is 5.02 Å².